The molecule has 1 fully saturated rings. The average molecular weight is 536 g/mol. The van der Waals surface area contributed by atoms with Crippen LogP contribution in [-0.2, 0) is 20.9 Å². The van der Waals surface area contributed by atoms with Gasteiger partial charge in [0.25, 0.3) is 0 Å². The zero-order chi connectivity index (χ0) is 26.8. The topological polar surface area (TPSA) is 138 Å². The van der Waals surface area contributed by atoms with E-state index in [1.807, 2.05) is 30.3 Å². The number of benzene rings is 1. The van der Waals surface area contributed by atoms with Crippen molar-refractivity contribution in [3.05, 3.63) is 52.2 Å². The molecule has 0 bridgehead atoms. The SMILES string of the molecule is N=C(N)c1csc(CNC(=O)C2CC(CC(F)F)CN2C(=O)CNC(=O)CCCOc2ccccc2)c1. The summed E-state index contributed by atoms with van der Waals surface area (Å²) in [4.78, 5) is 39.9. The lowest BCUT2D eigenvalue weighted by atomic mass is 10.0. The van der Waals surface area contributed by atoms with Gasteiger partial charge in [0.2, 0.25) is 24.1 Å². The van der Waals surface area contributed by atoms with Crippen LogP contribution in [0.5, 0.6) is 5.75 Å². The third-order valence-corrected chi connectivity index (χ3v) is 6.86. The van der Waals surface area contributed by atoms with Gasteiger partial charge in [-0.2, -0.15) is 0 Å². The first-order chi connectivity index (χ1) is 17.7. The van der Waals surface area contributed by atoms with Crippen molar-refractivity contribution in [3.63, 3.8) is 0 Å². The van der Waals surface area contributed by atoms with Crippen molar-refractivity contribution in [1.29, 1.82) is 5.41 Å². The Labute approximate surface area is 217 Å². The smallest absolute Gasteiger partial charge is 0.243 e. The molecular weight excluding hydrogens is 504 g/mol. The number of alkyl halides is 2. The Bertz CT molecular complexity index is 1080. The summed E-state index contributed by atoms with van der Waals surface area (Å²) in [6.07, 6.45) is -2.23. The summed E-state index contributed by atoms with van der Waals surface area (Å²) in [5, 5.41) is 14.5. The van der Waals surface area contributed by atoms with Gasteiger partial charge in [-0.1, -0.05) is 18.2 Å². The molecule has 2 aromatic rings. The Hall–Kier alpha value is -3.54. The maximum absolute atomic E-state index is 13.0. The number of carbonyl (C=O) groups excluding carboxylic acids is 3. The van der Waals surface area contributed by atoms with Crippen molar-refractivity contribution in [2.75, 3.05) is 19.7 Å². The van der Waals surface area contributed by atoms with Crippen LogP contribution in [0.1, 0.15) is 36.1 Å². The molecule has 2 unspecified atom stereocenters. The first kappa shape index (κ1) is 28.0. The fraction of sp³-hybridized carbons (Fsp3) is 0.440. The van der Waals surface area contributed by atoms with Crippen LogP contribution in [0, 0.1) is 11.3 Å². The van der Waals surface area contributed by atoms with E-state index >= 15 is 0 Å². The summed E-state index contributed by atoms with van der Waals surface area (Å²) in [5.74, 6) is -1.19. The summed E-state index contributed by atoms with van der Waals surface area (Å²) in [6, 6.07) is 9.97. The minimum Gasteiger partial charge on any atom is -0.494 e. The zero-order valence-electron chi connectivity index (χ0n) is 20.3. The maximum atomic E-state index is 13.0. The average Bonchev–Trinajstić information content (AvgIpc) is 3.52. The molecule has 1 aromatic heterocycles. The van der Waals surface area contributed by atoms with Crippen LogP contribution < -0.4 is 21.1 Å². The van der Waals surface area contributed by atoms with Gasteiger partial charge in [-0.25, -0.2) is 8.78 Å². The van der Waals surface area contributed by atoms with Crippen molar-refractivity contribution in [3.8, 4) is 5.75 Å². The number of ether oxygens (including phenoxy) is 1. The van der Waals surface area contributed by atoms with Crippen LogP contribution in [0.15, 0.2) is 41.8 Å². The molecule has 1 aliphatic rings. The second-order valence-corrected chi connectivity index (χ2v) is 9.76. The van der Waals surface area contributed by atoms with Gasteiger partial charge < -0.3 is 26.0 Å². The number of nitrogens with one attached hydrogen (secondary N) is 3. The first-order valence-electron chi connectivity index (χ1n) is 11.9. The molecule has 12 heteroatoms. The van der Waals surface area contributed by atoms with E-state index in [0.717, 1.165) is 4.88 Å². The number of thiophene rings is 1. The van der Waals surface area contributed by atoms with Crippen molar-refractivity contribution in [2.24, 2.45) is 11.7 Å². The highest BCUT2D eigenvalue weighted by molar-refractivity contribution is 7.10. The van der Waals surface area contributed by atoms with Crippen molar-refractivity contribution in [2.45, 2.75) is 44.7 Å². The van der Waals surface area contributed by atoms with Crippen LogP contribution in [0.25, 0.3) is 0 Å². The van der Waals surface area contributed by atoms with Crippen LogP contribution in [0.4, 0.5) is 8.78 Å². The van der Waals surface area contributed by atoms with Crippen LogP contribution >= 0.6 is 11.3 Å². The van der Waals surface area contributed by atoms with Gasteiger partial charge in [-0.05, 0) is 37.0 Å². The summed E-state index contributed by atoms with van der Waals surface area (Å²) in [5.41, 5.74) is 6.01. The van der Waals surface area contributed by atoms with Crippen molar-refractivity contribution >= 4 is 34.9 Å². The first-order valence-corrected chi connectivity index (χ1v) is 12.8. The molecule has 2 heterocycles. The molecule has 9 nitrogen and oxygen atoms in total. The van der Waals surface area contributed by atoms with Gasteiger partial charge in [-0.3, -0.25) is 19.8 Å². The van der Waals surface area contributed by atoms with Gasteiger partial charge in [0.15, 0.2) is 0 Å². The number of halogens is 2. The molecule has 1 aromatic carbocycles. The van der Waals surface area contributed by atoms with E-state index in [-0.39, 0.29) is 44.2 Å². The standard InChI is InChI=1S/C25H31F2N5O4S/c26-21(27)10-16-9-20(25(35)31-12-19-11-17(15-37-19)24(28)29)32(14-16)23(34)13-30-22(33)7-4-8-36-18-5-2-1-3-6-18/h1-3,5-6,11,15-16,20-21H,4,7-10,12-14H2,(H3,28,29)(H,30,33)(H,31,35). The van der Waals surface area contributed by atoms with E-state index in [0.29, 0.717) is 24.3 Å². The second-order valence-electron chi connectivity index (χ2n) is 8.77. The van der Waals surface area contributed by atoms with Gasteiger partial charge in [0.05, 0.1) is 19.7 Å². The molecule has 0 radical (unpaired) electrons. The summed E-state index contributed by atoms with van der Waals surface area (Å²) in [7, 11) is 0. The fourth-order valence-electron chi connectivity index (χ4n) is 4.08. The number of nitrogens with zero attached hydrogens (tertiary/aromatic N) is 1. The van der Waals surface area contributed by atoms with Crippen LogP contribution in [-0.4, -0.2) is 60.6 Å². The number of para-hydroxylation sites is 1. The molecular formula is C25H31F2N5O4S. The van der Waals surface area contributed by atoms with E-state index in [2.05, 4.69) is 10.6 Å². The summed E-state index contributed by atoms with van der Waals surface area (Å²) < 4.78 is 31.5. The Morgan fingerprint density at radius 2 is 1.97 bits per heavy atom. The Kier molecular flexibility index (Phi) is 10.4. The van der Waals surface area contributed by atoms with Gasteiger partial charge in [0, 0.05) is 35.2 Å². The highest BCUT2D eigenvalue weighted by Crippen LogP contribution is 2.28. The fourth-order valence-corrected chi connectivity index (χ4v) is 4.90. The van der Waals surface area contributed by atoms with Crippen molar-refractivity contribution in [1.82, 2.24) is 15.5 Å². The zero-order valence-corrected chi connectivity index (χ0v) is 21.1. The third-order valence-electron chi connectivity index (χ3n) is 5.92. The maximum Gasteiger partial charge on any atom is 0.243 e. The Balaban J connectivity index is 1.48. The number of nitrogens with two attached hydrogens (primary N) is 1. The molecule has 200 valence electrons. The largest absolute Gasteiger partial charge is 0.494 e. The Morgan fingerprint density at radius 3 is 2.65 bits per heavy atom. The normalized spacial score (nSPS) is 17.0. The molecule has 1 saturated heterocycles. The summed E-state index contributed by atoms with van der Waals surface area (Å²) in [6.45, 7) is 0.204. The minimum atomic E-state index is -2.54. The monoisotopic (exact) mass is 535 g/mol. The van der Waals surface area contributed by atoms with E-state index < -0.39 is 36.6 Å². The van der Waals surface area contributed by atoms with Gasteiger partial charge in [-0.15, -0.1) is 11.3 Å². The molecule has 0 aliphatic carbocycles. The molecule has 0 saturated carbocycles. The number of nitrogen functional groups attached to an aromatic ring is 1. The lowest BCUT2D eigenvalue weighted by molar-refractivity contribution is -0.138. The summed E-state index contributed by atoms with van der Waals surface area (Å²) >= 11 is 1.32. The molecule has 3 amide bonds. The highest BCUT2D eigenvalue weighted by atomic mass is 32.1. The number of carbonyl (C=O) groups is 3. The molecule has 0 spiro atoms. The van der Waals surface area contributed by atoms with Crippen molar-refractivity contribution < 1.29 is 27.9 Å². The Morgan fingerprint density at radius 1 is 1.22 bits per heavy atom. The third kappa shape index (κ3) is 8.81. The number of amidine groups is 1. The van der Waals surface area contributed by atoms with Gasteiger partial charge >= 0.3 is 0 Å². The van der Waals surface area contributed by atoms with E-state index in [1.54, 1.807) is 11.4 Å². The quantitative estimate of drug-likeness (QED) is 0.177. The van der Waals surface area contributed by atoms with Crippen LogP contribution in [0.2, 0.25) is 0 Å². The number of hydrogen-bond donors (Lipinski definition) is 4. The van der Waals surface area contributed by atoms with Gasteiger partial charge in [0.1, 0.15) is 17.6 Å². The number of amides is 3. The van der Waals surface area contributed by atoms with E-state index in [9.17, 15) is 23.2 Å². The number of likely N-dealkylation sites (tertiary alicyclic amines) is 1. The second kappa shape index (κ2) is 13.7. The molecule has 37 heavy (non-hydrogen) atoms. The lowest BCUT2D eigenvalue weighted by Gasteiger charge is -2.24. The molecule has 1 aliphatic heterocycles. The number of hydrogen-bond acceptors (Lipinski definition) is 6. The minimum absolute atomic E-state index is 0.0233. The lowest BCUT2D eigenvalue weighted by Crippen LogP contribution is -2.48. The predicted molar refractivity (Wildman–Crippen MR) is 136 cm³/mol. The highest BCUT2D eigenvalue weighted by Gasteiger charge is 2.40. The predicted octanol–water partition coefficient (Wildman–Crippen LogP) is 2.50. The van der Waals surface area contributed by atoms with E-state index in [1.165, 1.54) is 16.2 Å². The molecule has 2 atom stereocenters. The molecule has 3 rings (SSSR count). The molecule has 5 N–H and O–H groups in total. The van der Waals surface area contributed by atoms with E-state index in [4.69, 9.17) is 15.9 Å². The number of rotatable bonds is 13. The van der Waals surface area contributed by atoms with Crippen LogP contribution in [0.3, 0.4) is 0 Å².